The van der Waals surface area contributed by atoms with E-state index < -0.39 is 12.6 Å². The van der Waals surface area contributed by atoms with Crippen LogP contribution in [-0.2, 0) is 4.79 Å². The van der Waals surface area contributed by atoms with Gasteiger partial charge in [-0.3, -0.25) is 9.59 Å². The van der Waals surface area contributed by atoms with Crippen molar-refractivity contribution in [2.75, 3.05) is 25.0 Å². The first kappa shape index (κ1) is 21.9. The maximum absolute atomic E-state index is 12.6. The molecule has 7 heteroatoms. The normalized spacial score (nSPS) is 10.3. The Bertz CT molecular complexity index is 879. The summed E-state index contributed by atoms with van der Waals surface area (Å²) >= 11 is 0. The van der Waals surface area contributed by atoms with Crippen molar-refractivity contribution in [3.8, 4) is 5.75 Å². The van der Waals surface area contributed by atoms with Crippen LogP contribution in [0.2, 0.25) is 0 Å². The van der Waals surface area contributed by atoms with Gasteiger partial charge in [0.2, 0.25) is 0 Å². The number of carbonyl (C=O) groups excluding carboxylic acids is 2. The standard InChI is InChI=1S/C22H26N2O5/c1-5-24(6-2)22(28)16-7-9-18(10-8-16)23-21(27)17-11-14(3)20(15(4)12-17)29-13-19(25)26/h7-12H,5-6,13H2,1-4H3,(H,23,27)(H,25,26). The van der Waals surface area contributed by atoms with Gasteiger partial charge in [-0.05, 0) is 75.2 Å². The summed E-state index contributed by atoms with van der Waals surface area (Å²) in [5.41, 5.74) is 2.94. The Morgan fingerprint density at radius 1 is 0.966 bits per heavy atom. The van der Waals surface area contributed by atoms with Gasteiger partial charge in [-0.2, -0.15) is 0 Å². The van der Waals surface area contributed by atoms with Crippen LogP contribution >= 0.6 is 0 Å². The van der Waals surface area contributed by atoms with Crippen molar-refractivity contribution in [1.82, 2.24) is 4.90 Å². The van der Waals surface area contributed by atoms with E-state index in [-0.39, 0.29) is 11.8 Å². The summed E-state index contributed by atoms with van der Waals surface area (Å²) in [5.74, 6) is -0.948. The molecule has 0 aliphatic heterocycles. The zero-order chi connectivity index (χ0) is 21.6. The quantitative estimate of drug-likeness (QED) is 0.709. The summed E-state index contributed by atoms with van der Waals surface area (Å²) in [7, 11) is 0. The number of benzene rings is 2. The molecule has 154 valence electrons. The molecule has 0 spiro atoms. The summed E-state index contributed by atoms with van der Waals surface area (Å²) in [6.07, 6.45) is 0. The van der Waals surface area contributed by atoms with Crippen LogP contribution in [0.25, 0.3) is 0 Å². The van der Waals surface area contributed by atoms with Crippen molar-refractivity contribution in [1.29, 1.82) is 0 Å². The molecule has 0 bridgehead atoms. The number of rotatable bonds is 8. The summed E-state index contributed by atoms with van der Waals surface area (Å²) < 4.78 is 5.29. The third kappa shape index (κ3) is 5.57. The Hall–Kier alpha value is -3.35. The van der Waals surface area contributed by atoms with Crippen LogP contribution in [0.3, 0.4) is 0 Å². The van der Waals surface area contributed by atoms with Crippen LogP contribution < -0.4 is 10.1 Å². The van der Waals surface area contributed by atoms with Crippen molar-refractivity contribution in [2.45, 2.75) is 27.7 Å². The smallest absolute Gasteiger partial charge is 0.341 e. The number of amides is 2. The van der Waals surface area contributed by atoms with Crippen LogP contribution in [0.5, 0.6) is 5.75 Å². The molecule has 0 fully saturated rings. The molecule has 0 saturated heterocycles. The van der Waals surface area contributed by atoms with Gasteiger partial charge in [-0.15, -0.1) is 0 Å². The Morgan fingerprint density at radius 2 is 1.52 bits per heavy atom. The number of nitrogens with zero attached hydrogens (tertiary/aromatic N) is 1. The number of carboxylic acids is 1. The number of hydrogen-bond acceptors (Lipinski definition) is 4. The SMILES string of the molecule is CCN(CC)C(=O)c1ccc(NC(=O)c2cc(C)c(OCC(=O)O)c(C)c2)cc1. The summed E-state index contributed by atoms with van der Waals surface area (Å²) in [6.45, 7) is 8.21. The molecule has 0 atom stereocenters. The second-order valence-corrected chi connectivity index (χ2v) is 6.63. The Kier molecular flexibility index (Phi) is 7.36. The summed E-state index contributed by atoms with van der Waals surface area (Å²) in [6, 6.07) is 10.1. The first-order chi connectivity index (χ1) is 13.8. The molecule has 29 heavy (non-hydrogen) atoms. The van der Waals surface area contributed by atoms with E-state index in [1.54, 1.807) is 55.1 Å². The topological polar surface area (TPSA) is 95.9 Å². The minimum absolute atomic E-state index is 0.0453. The van der Waals surface area contributed by atoms with Crippen molar-refractivity contribution >= 4 is 23.5 Å². The van der Waals surface area contributed by atoms with Gasteiger partial charge in [0.05, 0.1) is 0 Å². The predicted molar refractivity (Wildman–Crippen MR) is 111 cm³/mol. The maximum Gasteiger partial charge on any atom is 0.341 e. The monoisotopic (exact) mass is 398 g/mol. The molecule has 0 aliphatic carbocycles. The number of nitrogens with one attached hydrogen (secondary N) is 1. The molecule has 0 unspecified atom stereocenters. The Balaban J connectivity index is 2.12. The lowest BCUT2D eigenvalue weighted by atomic mass is 10.0. The van der Waals surface area contributed by atoms with Gasteiger partial charge in [0.25, 0.3) is 11.8 Å². The lowest BCUT2D eigenvalue weighted by Gasteiger charge is -2.18. The fourth-order valence-electron chi connectivity index (χ4n) is 3.04. The fourth-order valence-corrected chi connectivity index (χ4v) is 3.04. The van der Waals surface area contributed by atoms with Gasteiger partial charge in [-0.25, -0.2) is 4.79 Å². The highest BCUT2D eigenvalue weighted by Crippen LogP contribution is 2.25. The number of carbonyl (C=O) groups is 3. The fraction of sp³-hybridized carbons (Fsp3) is 0.318. The maximum atomic E-state index is 12.6. The molecule has 0 aromatic heterocycles. The van der Waals surface area contributed by atoms with Gasteiger partial charge in [0.15, 0.2) is 6.61 Å². The minimum atomic E-state index is -1.06. The largest absolute Gasteiger partial charge is 0.481 e. The second-order valence-electron chi connectivity index (χ2n) is 6.63. The van der Waals surface area contributed by atoms with E-state index in [0.717, 1.165) is 0 Å². The highest BCUT2D eigenvalue weighted by Gasteiger charge is 2.15. The average Bonchev–Trinajstić information content (AvgIpc) is 2.68. The van der Waals surface area contributed by atoms with Gasteiger partial charge in [-0.1, -0.05) is 0 Å². The van der Waals surface area contributed by atoms with E-state index in [2.05, 4.69) is 5.32 Å². The van der Waals surface area contributed by atoms with E-state index in [1.807, 2.05) is 13.8 Å². The predicted octanol–water partition coefficient (Wildman–Crippen LogP) is 3.50. The van der Waals surface area contributed by atoms with Crippen molar-refractivity contribution in [3.05, 3.63) is 58.7 Å². The summed E-state index contributed by atoms with van der Waals surface area (Å²) in [4.78, 5) is 37.4. The summed E-state index contributed by atoms with van der Waals surface area (Å²) in [5, 5.41) is 11.6. The lowest BCUT2D eigenvalue weighted by Crippen LogP contribution is -2.30. The first-order valence-corrected chi connectivity index (χ1v) is 9.43. The number of aliphatic carboxylic acids is 1. The van der Waals surface area contributed by atoms with Gasteiger partial charge < -0.3 is 20.1 Å². The van der Waals surface area contributed by atoms with E-state index in [9.17, 15) is 14.4 Å². The Morgan fingerprint density at radius 3 is 2.00 bits per heavy atom. The lowest BCUT2D eigenvalue weighted by molar-refractivity contribution is -0.139. The number of hydrogen-bond donors (Lipinski definition) is 2. The number of anilines is 1. The van der Waals surface area contributed by atoms with Crippen LogP contribution in [0, 0.1) is 13.8 Å². The van der Waals surface area contributed by atoms with E-state index >= 15 is 0 Å². The molecule has 2 amide bonds. The number of carboxylic acid groups (broad SMARTS) is 1. The molecule has 0 radical (unpaired) electrons. The molecule has 2 rings (SSSR count). The molecule has 0 heterocycles. The molecule has 7 nitrogen and oxygen atoms in total. The molecule has 2 aromatic rings. The molecule has 0 aliphatic rings. The Labute approximate surface area is 170 Å². The van der Waals surface area contributed by atoms with Crippen LogP contribution in [-0.4, -0.2) is 47.5 Å². The van der Waals surface area contributed by atoms with Crippen LogP contribution in [0.4, 0.5) is 5.69 Å². The molecular weight excluding hydrogens is 372 g/mol. The van der Waals surface area contributed by atoms with E-state index in [0.29, 0.717) is 46.8 Å². The van der Waals surface area contributed by atoms with E-state index in [1.165, 1.54) is 0 Å². The second kappa shape index (κ2) is 9.73. The third-order valence-corrected chi connectivity index (χ3v) is 4.50. The zero-order valence-corrected chi connectivity index (χ0v) is 17.1. The van der Waals surface area contributed by atoms with Crippen molar-refractivity contribution in [3.63, 3.8) is 0 Å². The van der Waals surface area contributed by atoms with Gasteiger partial charge in [0.1, 0.15) is 5.75 Å². The molecule has 0 saturated carbocycles. The molecule has 2 N–H and O–H groups in total. The zero-order valence-electron chi connectivity index (χ0n) is 17.1. The van der Waals surface area contributed by atoms with E-state index in [4.69, 9.17) is 9.84 Å². The van der Waals surface area contributed by atoms with Crippen LogP contribution in [0.15, 0.2) is 36.4 Å². The number of ether oxygens (including phenoxy) is 1. The highest BCUT2D eigenvalue weighted by molar-refractivity contribution is 6.05. The molecular formula is C22H26N2O5. The molecule has 2 aromatic carbocycles. The van der Waals surface area contributed by atoms with Gasteiger partial charge >= 0.3 is 5.97 Å². The third-order valence-electron chi connectivity index (χ3n) is 4.50. The number of aryl methyl sites for hydroxylation is 2. The van der Waals surface area contributed by atoms with Crippen LogP contribution in [0.1, 0.15) is 45.7 Å². The minimum Gasteiger partial charge on any atom is -0.481 e. The first-order valence-electron chi connectivity index (χ1n) is 9.43. The van der Waals surface area contributed by atoms with Gasteiger partial charge in [0, 0.05) is 29.9 Å². The van der Waals surface area contributed by atoms with Crippen molar-refractivity contribution < 1.29 is 24.2 Å². The van der Waals surface area contributed by atoms with Crippen molar-refractivity contribution in [2.24, 2.45) is 0 Å². The highest BCUT2D eigenvalue weighted by atomic mass is 16.5. The average molecular weight is 398 g/mol.